The summed E-state index contributed by atoms with van der Waals surface area (Å²) >= 11 is 0. The molecular formula is C25H31Cl2N3. The summed E-state index contributed by atoms with van der Waals surface area (Å²) in [4.78, 5) is 10.3. The Bertz CT molecular complexity index is 953. The zero-order chi connectivity index (χ0) is 18.8. The van der Waals surface area contributed by atoms with Crippen molar-refractivity contribution in [3.05, 3.63) is 65.9 Å². The Morgan fingerprint density at radius 1 is 0.633 bits per heavy atom. The third kappa shape index (κ3) is 4.53. The molecule has 2 aromatic carbocycles. The average Bonchev–Trinajstić information content (AvgIpc) is 2.74. The summed E-state index contributed by atoms with van der Waals surface area (Å²) in [6.45, 7) is 4.32. The molecule has 1 aliphatic heterocycles. The van der Waals surface area contributed by atoms with Crippen LogP contribution in [-0.2, 0) is 12.8 Å². The van der Waals surface area contributed by atoms with Gasteiger partial charge in [0.2, 0.25) is 0 Å². The predicted octanol–water partition coefficient (Wildman–Crippen LogP) is 6.06. The number of fused-ring (bicyclic) bond motifs is 2. The molecule has 5 heteroatoms. The predicted molar refractivity (Wildman–Crippen MR) is 133 cm³/mol. The number of aryl methyl sites for hydroxylation is 1. The van der Waals surface area contributed by atoms with E-state index < -0.39 is 0 Å². The smallest absolute Gasteiger partial charge is 0.0726 e. The van der Waals surface area contributed by atoms with Gasteiger partial charge in [-0.05, 0) is 49.4 Å². The zero-order valence-corrected chi connectivity index (χ0v) is 19.1. The van der Waals surface area contributed by atoms with Gasteiger partial charge in [-0.25, -0.2) is 0 Å². The van der Waals surface area contributed by atoms with Crippen LogP contribution in [-0.4, -0.2) is 31.2 Å². The van der Waals surface area contributed by atoms with Crippen LogP contribution in [0.25, 0.3) is 10.9 Å². The molecule has 0 N–H and O–H groups in total. The van der Waals surface area contributed by atoms with Crippen molar-refractivity contribution in [2.24, 2.45) is 0 Å². The van der Waals surface area contributed by atoms with Crippen LogP contribution >= 0.6 is 24.8 Å². The topological polar surface area (TPSA) is 19.4 Å². The normalized spacial score (nSPS) is 16.7. The number of pyridine rings is 1. The Kier molecular flexibility index (Phi) is 7.85. The second-order valence-corrected chi connectivity index (χ2v) is 8.13. The molecule has 1 aromatic heterocycles. The number of piperazine rings is 1. The van der Waals surface area contributed by atoms with Gasteiger partial charge >= 0.3 is 0 Å². The van der Waals surface area contributed by atoms with Gasteiger partial charge in [0.25, 0.3) is 0 Å². The molecule has 0 amide bonds. The van der Waals surface area contributed by atoms with Crippen molar-refractivity contribution in [2.45, 2.75) is 38.5 Å². The number of rotatable bonds is 2. The highest BCUT2D eigenvalue weighted by atomic mass is 35.5. The number of halogens is 2. The molecule has 3 aromatic rings. The van der Waals surface area contributed by atoms with Crippen molar-refractivity contribution in [1.82, 2.24) is 4.98 Å². The summed E-state index contributed by atoms with van der Waals surface area (Å²) in [5.41, 5.74) is 6.89. The maximum atomic E-state index is 5.10. The van der Waals surface area contributed by atoms with Gasteiger partial charge in [0.05, 0.1) is 11.2 Å². The van der Waals surface area contributed by atoms with Crippen LogP contribution in [0.3, 0.4) is 0 Å². The van der Waals surface area contributed by atoms with Crippen molar-refractivity contribution in [3.63, 3.8) is 0 Å². The molecule has 2 aliphatic rings. The molecule has 1 fully saturated rings. The van der Waals surface area contributed by atoms with E-state index in [1.54, 1.807) is 0 Å². The molecule has 2 heterocycles. The van der Waals surface area contributed by atoms with E-state index in [1.807, 2.05) is 0 Å². The minimum Gasteiger partial charge on any atom is -0.368 e. The molecule has 0 atom stereocenters. The summed E-state index contributed by atoms with van der Waals surface area (Å²) in [6.07, 6.45) is 7.59. The van der Waals surface area contributed by atoms with Crippen LogP contribution in [0.2, 0.25) is 0 Å². The zero-order valence-electron chi connectivity index (χ0n) is 17.4. The van der Waals surface area contributed by atoms with Crippen LogP contribution in [0.5, 0.6) is 0 Å². The first-order valence-electron chi connectivity index (χ1n) is 10.9. The van der Waals surface area contributed by atoms with E-state index in [0.29, 0.717) is 0 Å². The highest BCUT2D eigenvalue weighted by molar-refractivity contribution is 5.94. The SMILES string of the molecule is Cl.Cl.c1ccc(N2CCN(c3c4c(nc5ccccc35)CCCCCC4)CC2)cc1. The summed E-state index contributed by atoms with van der Waals surface area (Å²) in [6, 6.07) is 19.6. The highest BCUT2D eigenvalue weighted by Crippen LogP contribution is 2.35. The first kappa shape index (κ1) is 22.7. The van der Waals surface area contributed by atoms with E-state index >= 15 is 0 Å². The number of nitrogens with zero attached hydrogens (tertiary/aromatic N) is 3. The second kappa shape index (κ2) is 10.4. The largest absolute Gasteiger partial charge is 0.368 e. The van der Waals surface area contributed by atoms with Gasteiger partial charge in [-0.2, -0.15) is 0 Å². The fourth-order valence-corrected chi connectivity index (χ4v) is 4.89. The first-order valence-corrected chi connectivity index (χ1v) is 10.9. The van der Waals surface area contributed by atoms with Crippen molar-refractivity contribution in [1.29, 1.82) is 0 Å². The molecule has 0 radical (unpaired) electrons. The molecule has 30 heavy (non-hydrogen) atoms. The van der Waals surface area contributed by atoms with E-state index in [2.05, 4.69) is 64.4 Å². The van der Waals surface area contributed by atoms with Crippen LogP contribution in [0.4, 0.5) is 11.4 Å². The van der Waals surface area contributed by atoms with Crippen molar-refractivity contribution in [3.8, 4) is 0 Å². The molecule has 0 spiro atoms. The molecule has 5 rings (SSSR count). The number of para-hydroxylation sites is 2. The van der Waals surface area contributed by atoms with Gasteiger partial charge in [0.15, 0.2) is 0 Å². The average molecular weight is 444 g/mol. The maximum absolute atomic E-state index is 5.10. The quantitative estimate of drug-likeness (QED) is 0.479. The molecule has 0 bridgehead atoms. The van der Waals surface area contributed by atoms with Crippen LogP contribution < -0.4 is 9.80 Å². The second-order valence-electron chi connectivity index (χ2n) is 8.13. The lowest BCUT2D eigenvalue weighted by Crippen LogP contribution is -2.47. The van der Waals surface area contributed by atoms with Gasteiger partial charge < -0.3 is 9.80 Å². The van der Waals surface area contributed by atoms with E-state index in [9.17, 15) is 0 Å². The lowest BCUT2D eigenvalue weighted by atomic mass is 9.93. The number of hydrogen-bond acceptors (Lipinski definition) is 3. The lowest BCUT2D eigenvalue weighted by molar-refractivity contribution is 0.604. The minimum atomic E-state index is 0. The van der Waals surface area contributed by atoms with Crippen LogP contribution in [0.15, 0.2) is 54.6 Å². The molecule has 3 nitrogen and oxygen atoms in total. The first-order chi connectivity index (χ1) is 13.9. The van der Waals surface area contributed by atoms with Crippen LogP contribution in [0, 0.1) is 0 Å². The van der Waals surface area contributed by atoms with Crippen LogP contribution in [0.1, 0.15) is 36.9 Å². The third-order valence-electron chi connectivity index (χ3n) is 6.36. The number of aromatic nitrogens is 1. The molecule has 0 unspecified atom stereocenters. The summed E-state index contributed by atoms with van der Waals surface area (Å²) in [5, 5.41) is 1.34. The molecule has 160 valence electrons. The van der Waals surface area contributed by atoms with E-state index in [1.165, 1.54) is 65.6 Å². The Morgan fingerprint density at radius 3 is 2.03 bits per heavy atom. The monoisotopic (exact) mass is 443 g/mol. The Balaban J connectivity index is 0.00000128. The maximum Gasteiger partial charge on any atom is 0.0726 e. The number of anilines is 2. The summed E-state index contributed by atoms with van der Waals surface area (Å²) in [5.74, 6) is 0. The molecular weight excluding hydrogens is 413 g/mol. The van der Waals surface area contributed by atoms with Gasteiger partial charge in [-0.1, -0.05) is 49.2 Å². The Labute approximate surface area is 192 Å². The van der Waals surface area contributed by atoms with Gasteiger partial charge in [0, 0.05) is 42.9 Å². The molecule has 0 saturated carbocycles. The highest BCUT2D eigenvalue weighted by Gasteiger charge is 2.24. The van der Waals surface area contributed by atoms with Crippen molar-refractivity contribution >= 4 is 47.1 Å². The fraction of sp³-hybridized carbons (Fsp3) is 0.400. The van der Waals surface area contributed by atoms with E-state index in [0.717, 1.165) is 32.6 Å². The minimum absolute atomic E-state index is 0. The van der Waals surface area contributed by atoms with Gasteiger partial charge in [0.1, 0.15) is 0 Å². The fourth-order valence-electron chi connectivity index (χ4n) is 4.89. The summed E-state index contributed by atoms with van der Waals surface area (Å²) < 4.78 is 0. The Morgan fingerprint density at radius 2 is 1.27 bits per heavy atom. The lowest BCUT2D eigenvalue weighted by Gasteiger charge is -2.39. The third-order valence-corrected chi connectivity index (χ3v) is 6.36. The van der Waals surface area contributed by atoms with Gasteiger partial charge in [-0.15, -0.1) is 24.8 Å². The van der Waals surface area contributed by atoms with Gasteiger partial charge in [-0.3, -0.25) is 4.98 Å². The van der Waals surface area contributed by atoms with E-state index in [4.69, 9.17) is 4.98 Å². The standard InChI is InChI=1S/C25H29N3.2ClH/c1-2-7-14-23-21(12-6-1)25(22-13-8-9-15-24(22)26-23)28-18-16-27(17-19-28)20-10-4-3-5-11-20;;/h3-5,8-11,13,15H,1-2,6-7,12,14,16-19H2;2*1H. The molecule has 1 aliphatic carbocycles. The van der Waals surface area contributed by atoms with Crippen molar-refractivity contribution < 1.29 is 0 Å². The number of benzene rings is 2. The summed E-state index contributed by atoms with van der Waals surface area (Å²) in [7, 11) is 0. The number of hydrogen-bond donors (Lipinski definition) is 0. The van der Waals surface area contributed by atoms with Crippen molar-refractivity contribution in [2.75, 3.05) is 36.0 Å². The Hall–Kier alpha value is -1.97. The molecule has 1 saturated heterocycles. The van der Waals surface area contributed by atoms with E-state index in [-0.39, 0.29) is 24.8 Å².